The largest absolute Gasteiger partial charge is 0.286 e. The van der Waals surface area contributed by atoms with E-state index in [2.05, 4.69) is 17.6 Å². The zero-order chi connectivity index (χ0) is 8.48. The molecule has 1 nitrogen and oxygen atoms in total. The van der Waals surface area contributed by atoms with E-state index in [-0.39, 0.29) is 5.69 Å². The summed E-state index contributed by atoms with van der Waals surface area (Å²) in [5.41, 5.74) is -0.227. The molecule has 0 saturated carbocycles. The summed E-state index contributed by atoms with van der Waals surface area (Å²) in [6.45, 7) is 0.813. The molecule has 1 aromatic heterocycles. The molecule has 0 aliphatic carbocycles. The third-order valence-corrected chi connectivity index (χ3v) is 1.46. The Balaban J connectivity index is 2.99. The normalized spacial score (nSPS) is 11.6. The molecule has 1 heterocycles. The first-order valence-corrected chi connectivity index (χ1v) is 3.48. The quantitative estimate of drug-likeness (QED) is 0.647. The highest BCUT2D eigenvalue weighted by Crippen LogP contribution is 2.24. The van der Waals surface area contributed by atoms with Crippen molar-refractivity contribution < 1.29 is 8.78 Å². The minimum absolute atomic E-state index is 0.227. The van der Waals surface area contributed by atoms with Gasteiger partial charge < -0.3 is 0 Å². The fourth-order valence-electron chi connectivity index (χ4n) is 0.646. The van der Waals surface area contributed by atoms with E-state index in [4.69, 9.17) is 0 Å². The van der Waals surface area contributed by atoms with E-state index in [1.165, 1.54) is 18.3 Å². The van der Waals surface area contributed by atoms with Crippen LogP contribution in [0.5, 0.6) is 0 Å². The van der Waals surface area contributed by atoms with Crippen LogP contribution in [0.4, 0.5) is 8.78 Å². The first-order chi connectivity index (χ1) is 5.00. The lowest BCUT2D eigenvalue weighted by molar-refractivity contribution is 0.0127. The second-order valence-corrected chi connectivity index (χ2v) is 2.81. The van der Waals surface area contributed by atoms with Crippen molar-refractivity contribution >= 4 is 12.6 Å². The molecule has 0 amide bonds. The van der Waals surface area contributed by atoms with Gasteiger partial charge in [0.15, 0.2) is 0 Å². The number of hydrogen-bond acceptors (Lipinski definition) is 2. The molecule has 0 unspecified atom stereocenters. The van der Waals surface area contributed by atoms with E-state index in [1.54, 1.807) is 0 Å². The Morgan fingerprint density at radius 2 is 2.09 bits per heavy atom. The number of hydrogen-bond donors (Lipinski definition) is 1. The second kappa shape index (κ2) is 2.77. The number of alkyl halides is 2. The average Bonchev–Trinajstić information content (AvgIpc) is 1.86. The fourth-order valence-corrected chi connectivity index (χ4v) is 0.778. The Bertz CT molecular complexity index is 240. The second-order valence-electron chi connectivity index (χ2n) is 2.29. The molecule has 4 heteroatoms. The van der Waals surface area contributed by atoms with Gasteiger partial charge in [0.2, 0.25) is 0 Å². The lowest BCUT2D eigenvalue weighted by Crippen LogP contribution is -2.08. The summed E-state index contributed by atoms with van der Waals surface area (Å²) in [5, 5.41) is 0. The van der Waals surface area contributed by atoms with Crippen LogP contribution in [-0.2, 0) is 5.92 Å². The van der Waals surface area contributed by atoms with Gasteiger partial charge in [-0.25, -0.2) is 0 Å². The van der Waals surface area contributed by atoms with E-state index in [9.17, 15) is 8.78 Å². The molecular formula is C7H7F2NS. The molecule has 0 radical (unpaired) electrons. The van der Waals surface area contributed by atoms with Gasteiger partial charge >= 0.3 is 0 Å². The van der Waals surface area contributed by atoms with Crippen LogP contribution in [0.1, 0.15) is 12.6 Å². The summed E-state index contributed by atoms with van der Waals surface area (Å²) in [4.78, 5) is 4.10. The van der Waals surface area contributed by atoms with E-state index in [0.29, 0.717) is 4.90 Å². The van der Waals surface area contributed by atoms with Crippen LogP contribution in [0.3, 0.4) is 0 Å². The van der Waals surface area contributed by atoms with Crippen molar-refractivity contribution in [2.24, 2.45) is 0 Å². The number of rotatable bonds is 1. The maximum absolute atomic E-state index is 12.5. The lowest BCUT2D eigenvalue weighted by Gasteiger charge is -2.08. The van der Waals surface area contributed by atoms with Gasteiger partial charge in [0.1, 0.15) is 5.69 Å². The molecule has 60 valence electrons. The van der Waals surface area contributed by atoms with Crippen LogP contribution < -0.4 is 0 Å². The lowest BCUT2D eigenvalue weighted by atomic mass is 10.2. The zero-order valence-electron chi connectivity index (χ0n) is 5.88. The maximum Gasteiger partial charge on any atom is 0.286 e. The highest BCUT2D eigenvalue weighted by atomic mass is 32.1. The third-order valence-electron chi connectivity index (χ3n) is 1.20. The Labute approximate surface area is 68.9 Å². The molecule has 0 fully saturated rings. The minimum atomic E-state index is -2.86. The number of nitrogens with zero attached hydrogens (tertiary/aromatic N) is 1. The molecule has 1 aromatic rings. The van der Waals surface area contributed by atoms with Crippen molar-refractivity contribution in [3.8, 4) is 0 Å². The molecule has 0 aliphatic rings. The first kappa shape index (κ1) is 8.46. The predicted molar refractivity (Wildman–Crippen MR) is 41.1 cm³/mol. The fraction of sp³-hybridized carbons (Fsp3) is 0.286. The van der Waals surface area contributed by atoms with E-state index >= 15 is 0 Å². The van der Waals surface area contributed by atoms with Crippen LogP contribution >= 0.6 is 12.6 Å². The van der Waals surface area contributed by atoms with E-state index < -0.39 is 5.92 Å². The topological polar surface area (TPSA) is 12.9 Å². The van der Waals surface area contributed by atoms with Crippen molar-refractivity contribution in [3.05, 3.63) is 24.0 Å². The third kappa shape index (κ3) is 2.15. The summed E-state index contributed by atoms with van der Waals surface area (Å²) < 4.78 is 25.0. The highest BCUT2D eigenvalue weighted by Gasteiger charge is 2.25. The predicted octanol–water partition coefficient (Wildman–Crippen LogP) is 2.48. The van der Waals surface area contributed by atoms with Gasteiger partial charge in [0.25, 0.3) is 5.92 Å². The van der Waals surface area contributed by atoms with Gasteiger partial charge in [-0.1, -0.05) is 0 Å². The molecule has 0 N–H and O–H groups in total. The van der Waals surface area contributed by atoms with E-state index in [0.717, 1.165) is 6.92 Å². The first-order valence-electron chi connectivity index (χ1n) is 3.03. The molecule has 11 heavy (non-hydrogen) atoms. The van der Waals surface area contributed by atoms with E-state index in [1.807, 2.05) is 0 Å². The Morgan fingerprint density at radius 3 is 2.45 bits per heavy atom. The van der Waals surface area contributed by atoms with Gasteiger partial charge in [-0.05, 0) is 12.1 Å². The summed E-state index contributed by atoms with van der Waals surface area (Å²) in [6.07, 6.45) is 1.30. The number of aromatic nitrogens is 1. The van der Waals surface area contributed by atoms with Crippen molar-refractivity contribution in [2.45, 2.75) is 17.7 Å². The summed E-state index contributed by atoms with van der Waals surface area (Å²) in [5.74, 6) is -2.86. The summed E-state index contributed by atoms with van der Waals surface area (Å²) in [7, 11) is 0. The number of pyridine rings is 1. The molecular weight excluding hydrogens is 168 g/mol. The minimum Gasteiger partial charge on any atom is -0.254 e. The molecule has 1 rings (SSSR count). The SMILES string of the molecule is CC(F)(F)c1ccc(S)cn1. The van der Waals surface area contributed by atoms with Gasteiger partial charge in [-0.15, -0.1) is 12.6 Å². The van der Waals surface area contributed by atoms with Crippen LogP contribution in [-0.4, -0.2) is 4.98 Å². The monoisotopic (exact) mass is 175 g/mol. The van der Waals surface area contributed by atoms with Gasteiger partial charge in [0.05, 0.1) is 0 Å². The van der Waals surface area contributed by atoms with Crippen LogP contribution in [0.15, 0.2) is 23.2 Å². The van der Waals surface area contributed by atoms with Crippen molar-refractivity contribution in [3.63, 3.8) is 0 Å². The van der Waals surface area contributed by atoms with Crippen molar-refractivity contribution in [2.75, 3.05) is 0 Å². The van der Waals surface area contributed by atoms with Gasteiger partial charge in [0, 0.05) is 18.0 Å². The van der Waals surface area contributed by atoms with Crippen LogP contribution in [0.2, 0.25) is 0 Å². The van der Waals surface area contributed by atoms with Gasteiger partial charge in [-0.2, -0.15) is 8.78 Å². The number of thiol groups is 1. The molecule has 0 aromatic carbocycles. The Hall–Kier alpha value is -0.640. The standard InChI is InChI=1S/C7H7F2NS/c1-7(8,9)6-3-2-5(11)4-10-6/h2-4,11H,1H3. The summed E-state index contributed by atoms with van der Waals surface area (Å²) >= 11 is 3.92. The van der Waals surface area contributed by atoms with Crippen molar-refractivity contribution in [1.82, 2.24) is 4.98 Å². The summed E-state index contributed by atoms with van der Waals surface area (Å²) in [6, 6.07) is 2.76. The smallest absolute Gasteiger partial charge is 0.254 e. The zero-order valence-corrected chi connectivity index (χ0v) is 6.78. The number of halogens is 2. The molecule has 0 saturated heterocycles. The Kier molecular flexibility index (Phi) is 2.13. The molecule has 0 atom stereocenters. The van der Waals surface area contributed by atoms with Crippen LogP contribution in [0.25, 0.3) is 0 Å². The molecule has 0 aliphatic heterocycles. The van der Waals surface area contributed by atoms with Crippen molar-refractivity contribution in [1.29, 1.82) is 0 Å². The van der Waals surface area contributed by atoms with Gasteiger partial charge in [-0.3, -0.25) is 4.98 Å². The molecule has 0 bridgehead atoms. The molecule has 0 spiro atoms. The van der Waals surface area contributed by atoms with Crippen LogP contribution in [0, 0.1) is 0 Å². The maximum atomic E-state index is 12.5. The Morgan fingerprint density at radius 1 is 1.45 bits per heavy atom. The average molecular weight is 175 g/mol. The highest BCUT2D eigenvalue weighted by molar-refractivity contribution is 7.80.